The lowest BCUT2D eigenvalue weighted by Crippen LogP contribution is -1.99. The lowest BCUT2D eigenvalue weighted by atomic mass is 10.1. The summed E-state index contributed by atoms with van der Waals surface area (Å²) in [6.07, 6.45) is 0. The maximum atomic E-state index is 6.72. The maximum absolute atomic E-state index is 6.72. The van der Waals surface area contributed by atoms with Gasteiger partial charge in [0.1, 0.15) is 5.75 Å². The Bertz CT molecular complexity index is 1620. The van der Waals surface area contributed by atoms with E-state index in [4.69, 9.17) is 33.0 Å². The summed E-state index contributed by atoms with van der Waals surface area (Å²) in [5.74, 6) is 1.20. The van der Waals surface area contributed by atoms with Gasteiger partial charge in [-0.3, -0.25) is 0 Å². The molecule has 2 aromatic heterocycles. The number of nitrogens with zero attached hydrogens (tertiary/aromatic N) is 2. The molecule has 0 aliphatic heterocycles. The van der Waals surface area contributed by atoms with Crippen molar-refractivity contribution in [2.75, 3.05) is 0 Å². The fraction of sp³-hybridized carbons (Fsp3) is 0. The van der Waals surface area contributed by atoms with Gasteiger partial charge in [-0.15, -0.1) is 5.10 Å². The first-order valence-electron chi connectivity index (χ1n) is 10.2. The van der Waals surface area contributed by atoms with Crippen LogP contribution in [-0.4, -0.2) is 9.61 Å². The fourth-order valence-corrected chi connectivity index (χ4v) is 4.67. The third kappa shape index (κ3) is 3.01. The van der Waals surface area contributed by atoms with E-state index in [1.165, 1.54) is 0 Å². The average molecular weight is 455 g/mol. The Labute approximate surface area is 194 Å². The molecule has 5 heteroatoms. The van der Waals surface area contributed by atoms with Crippen LogP contribution in [0.3, 0.4) is 0 Å². The van der Waals surface area contributed by atoms with Crippen molar-refractivity contribution in [1.29, 1.82) is 0 Å². The molecule has 0 spiro atoms. The number of halogens is 2. The normalized spacial score (nSPS) is 11.4. The molecule has 6 aromatic rings. The summed E-state index contributed by atoms with van der Waals surface area (Å²) in [5, 5.41) is 9.86. The third-order valence-corrected chi connectivity index (χ3v) is 6.45. The largest absolute Gasteiger partial charge is 0.437 e. The second-order valence-electron chi connectivity index (χ2n) is 7.56. The van der Waals surface area contributed by atoms with Gasteiger partial charge in [-0.05, 0) is 29.0 Å². The lowest BCUT2D eigenvalue weighted by molar-refractivity contribution is 0.460. The van der Waals surface area contributed by atoms with Gasteiger partial charge in [0.05, 0.1) is 21.3 Å². The van der Waals surface area contributed by atoms with Crippen LogP contribution >= 0.6 is 23.2 Å². The predicted molar refractivity (Wildman–Crippen MR) is 132 cm³/mol. The second kappa shape index (κ2) is 7.56. The molecule has 0 unspecified atom stereocenters. The van der Waals surface area contributed by atoms with E-state index in [0.717, 1.165) is 38.3 Å². The van der Waals surface area contributed by atoms with Crippen molar-refractivity contribution in [1.82, 2.24) is 9.61 Å². The Balaban J connectivity index is 1.62. The van der Waals surface area contributed by atoms with Crippen molar-refractivity contribution in [2.24, 2.45) is 0 Å². The molecular formula is C27H16Cl2N2O. The molecule has 0 amide bonds. The van der Waals surface area contributed by atoms with Crippen LogP contribution in [0.2, 0.25) is 10.0 Å². The predicted octanol–water partition coefficient (Wildman–Crippen LogP) is 8.41. The van der Waals surface area contributed by atoms with Crippen molar-refractivity contribution in [2.45, 2.75) is 0 Å². The fourth-order valence-electron chi connectivity index (χ4n) is 4.12. The Morgan fingerprint density at radius 2 is 1.34 bits per heavy atom. The number of ether oxygens (including phenoxy) is 1. The number of fused-ring (bicyclic) bond motifs is 4. The van der Waals surface area contributed by atoms with Crippen LogP contribution in [0.4, 0.5) is 0 Å². The third-order valence-electron chi connectivity index (χ3n) is 5.62. The van der Waals surface area contributed by atoms with Crippen molar-refractivity contribution in [3.05, 3.63) is 107 Å². The van der Waals surface area contributed by atoms with Crippen LogP contribution in [0.1, 0.15) is 0 Å². The molecule has 0 aliphatic carbocycles. The van der Waals surface area contributed by atoms with Gasteiger partial charge in [0, 0.05) is 16.3 Å². The molecule has 0 N–H and O–H groups in total. The highest BCUT2D eigenvalue weighted by Gasteiger charge is 2.22. The number of rotatable bonds is 3. The maximum Gasteiger partial charge on any atom is 0.245 e. The Morgan fingerprint density at radius 1 is 0.656 bits per heavy atom. The van der Waals surface area contributed by atoms with Gasteiger partial charge in [-0.2, -0.15) is 0 Å². The van der Waals surface area contributed by atoms with E-state index >= 15 is 0 Å². The molecule has 0 bridgehead atoms. The zero-order valence-corrected chi connectivity index (χ0v) is 18.3. The van der Waals surface area contributed by atoms with E-state index < -0.39 is 0 Å². The van der Waals surface area contributed by atoms with Crippen LogP contribution in [0.15, 0.2) is 97.1 Å². The molecule has 0 atom stereocenters. The number of hydrogen-bond acceptors (Lipinski definition) is 2. The molecule has 0 radical (unpaired) electrons. The summed E-state index contributed by atoms with van der Waals surface area (Å²) >= 11 is 13.4. The quantitative estimate of drug-likeness (QED) is 0.268. The van der Waals surface area contributed by atoms with E-state index in [1.54, 1.807) is 4.52 Å². The highest BCUT2D eigenvalue weighted by atomic mass is 35.5. The van der Waals surface area contributed by atoms with Crippen LogP contribution in [0.5, 0.6) is 11.6 Å². The molecule has 0 saturated heterocycles. The number of hydrogen-bond donors (Lipinski definition) is 0. The van der Waals surface area contributed by atoms with Gasteiger partial charge in [0.25, 0.3) is 0 Å². The molecule has 3 nitrogen and oxygen atoms in total. The zero-order chi connectivity index (χ0) is 21.7. The van der Waals surface area contributed by atoms with Gasteiger partial charge < -0.3 is 4.74 Å². The SMILES string of the molecule is Clc1c(Cl)c2c3ccccc3c(Oc3ccc4ccccc4c3)nn2c1-c1ccccc1. The molecule has 154 valence electrons. The minimum absolute atomic E-state index is 0.471. The number of benzene rings is 4. The lowest BCUT2D eigenvalue weighted by Gasteiger charge is -2.12. The monoisotopic (exact) mass is 454 g/mol. The van der Waals surface area contributed by atoms with E-state index in [2.05, 4.69) is 12.1 Å². The van der Waals surface area contributed by atoms with Gasteiger partial charge >= 0.3 is 0 Å². The van der Waals surface area contributed by atoms with Gasteiger partial charge in [-0.25, -0.2) is 4.52 Å². The highest BCUT2D eigenvalue weighted by Crippen LogP contribution is 2.43. The minimum Gasteiger partial charge on any atom is -0.437 e. The van der Waals surface area contributed by atoms with E-state index in [1.807, 2.05) is 84.9 Å². The first kappa shape index (κ1) is 19.2. The average Bonchev–Trinajstić information content (AvgIpc) is 3.09. The standard InChI is InChI=1S/C27H16Cl2N2O/c28-23-24(29)26-21-12-6-7-13-22(21)27(30-31(26)25(23)18-9-2-1-3-10-18)32-20-15-14-17-8-4-5-11-19(17)16-20/h1-16H. The van der Waals surface area contributed by atoms with Crippen molar-refractivity contribution in [3.63, 3.8) is 0 Å². The highest BCUT2D eigenvalue weighted by molar-refractivity contribution is 6.47. The summed E-state index contributed by atoms with van der Waals surface area (Å²) < 4.78 is 8.12. The smallest absolute Gasteiger partial charge is 0.245 e. The molecule has 32 heavy (non-hydrogen) atoms. The van der Waals surface area contributed by atoms with Gasteiger partial charge in [0.15, 0.2) is 0 Å². The van der Waals surface area contributed by atoms with Crippen LogP contribution in [0.25, 0.3) is 38.3 Å². The number of aromatic nitrogens is 2. The van der Waals surface area contributed by atoms with E-state index in [9.17, 15) is 0 Å². The van der Waals surface area contributed by atoms with Crippen molar-refractivity contribution >= 4 is 50.3 Å². The molecule has 0 fully saturated rings. The Morgan fingerprint density at radius 3 is 2.16 bits per heavy atom. The van der Waals surface area contributed by atoms with E-state index in [0.29, 0.717) is 21.7 Å². The van der Waals surface area contributed by atoms with Gasteiger partial charge in [0.2, 0.25) is 5.88 Å². The van der Waals surface area contributed by atoms with Gasteiger partial charge in [-0.1, -0.05) is 102 Å². The first-order chi connectivity index (χ1) is 15.7. The second-order valence-corrected chi connectivity index (χ2v) is 8.32. The van der Waals surface area contributed by atoms with Crippen LogP contribution in [-0.2, 0) is 0 Å². The Hall–Kier alpha value is -3.53. The molecule has 0 saturated carbocycles. The topological polar surface area (TPSA) is 26.5 Å². The Kier molecular flexibility index (Phi) is 4.53. The molecule has 6 rings (SSSR count). The molecule has 0 aliphatic rings. The summed E-state index contributed by atoms with van der Waals surface area (Å²) in [6, 6.07) is 32.0. The van der Waals surface area contributed by atoms with Crippen LogP contribution < -0.4 is 4.74 Å². The summed E-state index contributed by atoms with van der Waals surface area (Å²) in [7, 11) is 0. The first-order valence-corrected chi connectivity index (χ1v) is 11.0. The summed E-state index contributed by atoms with van der Waals surface area (Å²) in [5.41, 5.74) is 2.43. The van der Waals surface area contributed by atoms with Crippen molar-refractivity contribution < 1.29 is 4.74 Å². The molecule has 2 heterocycles. The summed E-state index contributed by atoms with van der Waals surface area (Å²) in [4.78, 5) is 0. The van der Waals surface area contributed by atoms with E-state index in [-0.39, 0.29) is 0 Å². The molecule has 4 aromatic carbocycles. The zero-order valence-electron chi connectivity index (χ0n) is 16.8. The summed E-state index contributed by atoms with van der Waals surface area (Å²) in [6.45, 7) is 0. The minimum atomic E-state index is 0.471. The van der Waals surface area contributed by atoms with Crippen LogP contribution in [0, 0.1) is 0 Å². The van der Waals surface area contributed by atoms with Crippen molar-refractivity contribution in [3.8, 4) is 22.9 Å². The molecular weight excluding hydrogens is 439 g/mol.